The number of thioether (sulfide) groups is 1. The number of rotatable bonds is 9. The van der Waals surface area contributed by atoms with Crippen molar-refractivity contribution in [3.8, 4) is 6.07 Å². The number of nitro groups is 2. The summed E-state index contributed by atoms with van der Waals surface area (Å²) in [6, 6.07) is 2.08. The predicted octanol–water partition coefficient (Wildman–Crippen LogP) is 4.76. The third-order valence-electron chi connectivity index (χ3n) is 3.58. The molecule has 148 valence electrons. The third-order valence-corrected chi connectivity index (χ3v) is 4.69. The van der Waals surface area contributed by atoms with Crippen molar-refractivity contribution in [2.24, 2.45) is 0 Å². The molecule has 0 bridgehead atoms. The lowest BCUT2D eigenvalue weighted by atomic mass is 10.1. The number of halogens is 3. The zero-order valence-electron chi connectivity index (χ0n) is 14.6. The maximum Gasteiger partial charge on any atom is 0.417 e. The first-order chi connectivity index (χ1) is 12.6. The van der Waals surface area contributed by atoms with Gasteiger partial charge in [-0.1, -0.05) is 13.3 Å². The van der Waals surface area contributed by atoms with E-state index in [2.05, 4.69) is 0 Å². The molecule has 0 radical (unpaired) electrons. The van der Waals surface area contributed by atoms with E-state index in [0.717, 1.165) is 0 Å². The number of hydrogen-bond donors (Lipinski definition) is 0. The van der Waals surface area contributed by atoms with Crippen LogP contribution in [0, 0.1) is 31.6 Å². The Morgan fingerprint density at radius 2 is 1.93 bits per heavy atom. The fourth-order valence-corrected chi connectivity index (χ4v) is 3.41. The average Bonchev–Trinajstić information content (AvgIpc) is 2.57. The first-order valence-corrected chi connectivity index (χ1v) is 8.82. The molecule has 0 fully saturated rings. The molecule has 27 heavy (non-hydrogen) atoms. The molecule has 0 spiro atoms. The summed E-state index contributed by atoms with van der Waals surface area (Å²) >= 11 is 0.496. The molecule has 8 nitrogen and oxygen atoms in total. The van der Waals surface area contributed by atoms with Crippen LogP contribution in [0.2, 0.25) is 0 Å². The lowest BCUT2D eigenvalue weighted by molar-refractivity contribution is -0.394. The first kappa shape index (κ1) is 22.5. The highest BCUT2D eigenvalue weighted by Gasteiger charge is 2.43. The van der Waals surface area contributed by atoms with Crippen LogP contribution in [0.15, 0.2) is 11.0 Å². The van der Waals surface area contributed by atoms with Crippen LogP contribution in [0.25, 0.3) is 0 Å². The summed E-state index contributed by atoms with van der Waals surface area (Å²) in [7, 11) is 1.36. The lowest BCUT2D eigenvalue weighted by Crippen LogP contribution is -2.22. The molecular formula is C15H17F3N4O4S. The maximum atomic E-state index is 13.4. The Morgan fingerprint density at radius 3 is 2.37 bits per heavy atom. The van der Waals surface area contributed by atoms with E-state index in [1.54, 1.807) is 6.07 Å². The third kappa shape index (κ3) is 5.46. The van der Waals surface area contributed by atoms with Gasteiger partial charge in [-0.05, 0) is 6.42 Å². The normalized spacial score (nSPS) is 11.1. The van der Waals surface area contributed by atoms with Crippen molar-refractivity contribution in [1.29, 1.82) is 5.26 Å². The van der Waals surface area contributed by atoms with E-state index in [-0.39, 0.29) is 18.7 Å². The van der Waals surface area contributed by atoms with Gasteiger partial charge in [0, 0.05) is 31.8 Å². The van der Waals surface area contributed by atoms with Crippen LogP contribution in [0.1, 0.15) is 31.7 Å². The second kappa shape index (κ2) is 9.40. The molecule has 0 heterocycles. The van der Waals surface area contributed by atoms with Crippen LogP contribution in [0.5, 0.6) is 0 Å². The largest absolute Gasteiger partial charge is 0.417 e. The van der Waals surface area contributed by atoms with E-state index >= 15 is 0 Å². The van der Waals surface area contributed by atoms with E-state index in [9.17, 15) is 33.4 Å². The van der Waals surface area contributed by atoms with Crippen LogP contribution in [-0.4, -0.2) is 29.2 Å². The van der Waals surface area contributed by atoms with Crippen LogP contribution >= 0.6 is 11.8 Å². The van der Waals surface area contributed by atoms with Gasteiger partial charge in [0.15, 0.2) is 5.69 Å². The number of nitrogens with zero attached hydrogens (tertiary/aromatic N) is 4. The van der Waals surface area contributed by atoms with Gasteiger partial charge in [0.25, 0.3) is 5.69 Å². The Kier molecular flexibility index (Phi) is 7.83. The number of benzene rings is 1. The molecular weight excluding hydrogens is 389 g/mol. The SMILES string of the molecule is CCCCN(C)c1c([N+](=O)[O-])cc(C(F)(F)F)c(SCCC#N)c1[N+](=O)[O-]. The van der Waals surface area contributed by atoms with Crippen molar-refractivity contribution in [2.45, 2.75) is 37.3 Å². The molecule has 1 aromatic rings. The number of hydrogen-bond acceptors (Lipinski definition) is 7. The fraction of sp³-hybridized carbons (Fsp3) is 0.533. The van der Waals surface area contributed by atoms with Gasteiger partial charge < -0.3 is 4.90 Å². The van der Waals surface area contributed by atoms with Crippen LogP contribution in [0.4, 0.5) is 30.2 Å². The quantitative estimate of drug-likeness (QED) is 0.251. The number of unbranched alkanes of at least 4 members (excludes halogenated alkanes) is 1. The van der Waals surface area contributed by atoms with E-state index in [0.29, 0.717) is 30.7 Å². The summed E-state index contributed by atoms with van der Waals surface area (Å²) in [5, 5.41) is 31.6. The Bertz CT molecular complexity index is 765. The smallest absolute Gasteiger partial charge is 0.363 e. The molecule has 1 rings (SSSR count). The lowest BCUT2D eigenvalue weighted by Gasteiger charge is -2.22. The van der Waals surface area contributed by atoms with E-state index in [1.165, 1.54) is 11.9 Å². The van der Waals surface area contributed by atoms with E-state index < -0.39 is 43.5 Å². The second-order valence-electron chi connectivity index (χ2n) is 5.51. The van der Waals surface area contributed by atoms with E-state index in [4.69, 9.17) is 5.26 Å². The van der Waals surface area contributed by atoms with Crippen molar-refractivity contribution in [3.05, 3.63) is 31.9 Å². The summed E-state index contributed by atoms with van der Waals surface area (Å²) in [5.74, 6) is -0.115. The summed E-state index contributed by atoms with van der Waals surface area (Å²) in [4.78, 5) is 21.4. The second-order valence-corrected chi connectivity index (χ2v) is 6.62. The van der Waals surface area contributed by atoms with Gasteiger partial charge in [-0.3, -0.25) is 20.2 Å². The molecule has 0 saturated heterocycles. The highest BCUT2D eigenvalue weighted by atomic mass is 32.2. The average molecular weight is 406 g/mol. The molecule has 0 aliphatic carbocycles. The minimum absolute atomic E-state index is 0.115. The minimum Gasteiger partial charge on any atom is -0.363 e. The van der Waals surface area contributed by atoms with Gasteiger partial charge in [-0.15, -0.1) is 11.8 Å². The Labute approximate surface area is 157 Å². The molecule has 1 aromatic carbocycles. The maximum absolute atomic E-state index is 13.4. The van der Waals surface area contributed by atoms with Gasteiger partial charge in [0.05, 0.1) is 21.5 Å². The molecule has 0 aliphatic rings. The van der Waals surface area contributed by atoms with Crippen LogP contribution in [0.3, 0.4) is 0 Å². The molecule has 0 atom stereocenters. The summed E-state index contributed by atoms with van der Waals surface area (Å²) in [6.45, 7) is 2.04. The van der Waals surface area contributed by atoms with Crippen molar-refractivity contribution < 1.29 is 23.0 Å². The predicted molar refractivity (Wildman–Crippen MR) is 93.9 cm³/mol. The zero-order valence-corrected chi connectivity index (χ0v) is 15.4. The molecule has 0 aromatic heterocycles. The molecule has 0 N–H and O–H groups in total. The highest BCUT2D eigenvalue weighted by Crippen LogP contribution is 2.50. The fourth-order valence-electron chi connectivity index (χ4n) is 2.37. The summed E-state index contributed by atoms with van der Waals surface area (Å²) in [5.41, 5.74) is -3.85. The summed E-state index contributed by atoms with van der Waals surface area (Å²) < 4.78 is 40.3. The molecule has 0 unspecified atom stereocenters. The minimum atomic E-state index is -5.02. The Balaban J connectivity index is 3.82. The van der Waals surface area contributed by atoms with Gasteiger partial charge in [0.2, 0.25) is 0 Å². The zero-order chi connectivity index (χ0) is 20.8. The highest BCUT2D eigenvalue weighted by molar-refractivity contribution is 7.99. The number of alkyl halides is 3. The molecule has 12 heteroatoms. The van der Waals surface area contributed by atoms with Gasteiger partial charge in [-0.25, -0.2) is 0 Å². The van der Waals surface area contributed by atoms with Crippen molar-refractivity contribution in [1.82, 2.24) is 0 Å². The van der Waals surface area contributed by atoms with Crippen LogP contribution in [-0.2, 0) is 6.18 Å². The van der Waals surface area contributed by atoms with Crippen molar-refractivity contribution in [3.63, 3.8) is 0 Å². The Morgan fingerprint density at radius 1 is 1.30 bits per heavy atom. The van der Waals surface area contributed by atoms with Crippen molar-refractivity contribution in [2.75, 3.05) is 24.2 Å². The van der Waals surface area contributed by atoms with Gasteiger partial charge >= 0.3 is 11.9 Å². The number of nitro benzene ring substituents is 2. The Hall–Kier alpha value is -2.55. The monoisotopic (exact) mass is 406 g/mol. The summed E-state index contributed by atoms with van der Waals surface area (Å²) in [6.07, 6.45) is -3.92. The van der Waals surface area contributed by atoms with Gasteiger partial charge in [0.1, 0.15) is 4.90 Å². The van der Waals surface area contributed by atoms with Gasteiger partial charge in [-0.2, -0.15) is 18.4 Å². The van der Waals surface area contributed by atoms with Crippen molar-refractivity contribution >= 4 is 28.8 Å². The first-order valence-electron chi connectivity index (χ1n) is 7.84. The topological polar surface area (TPSA) is 113 Å². The molecule has 0 aliphatic heterocycles. The van der Waals surface area contributed by atoms with Crippen LogP contribution < -0.4 is 4.90 Å². The standard InChI is InChI=1S/C15H17F3N4O4S/c1-3-4-7-20(2)12-11(21(23)24)9-10(15(16,17)18)14(13(12)22(25)26)27-8-5-6-19/h9H,3-5,7-8H2,1-2H3. The number of anilines is 1. The molecule has 0 amide bonds. The molecule has 0 saturated carbocycles. The van der Waals surface area contributed by atoms with E-state index in [1.807, 2.05) is 6.92 Å². The number of nitriles is 1.